The van der Waals surface area contributed by atoms with E-state index in [1.807, 2.05) is 49.5 Å². The lowest BCUT2D eigenvalue weighted by atomic mass is 9.39. The van der Waals surface area contributed by atoms with Crippen molar-refractivity contribution in [3.63, 3.8) is 0 Å². The van der Waals surface area contributed by atoms with Gasteiger partial charge in [-0.05, 0) is 31.7 Å². The smallest absolute Gasteiger partial charge is 0.147 e. The number of anilines is 1. The van der Waals surface area contributed by atoms with Crippen LogP contribution in [0.5, 0.6) is 5.75 Å². The number of H-pyrrole nitrogens is 1. The number of aromatic nitrogens is 4. The third-order valence-electron chi connectivity index (χ3n) is 6.62. The summed E-state index contributed by atoms with van der Waals surface area (Å²) in [6, 6.07) is 11.6. The fourth-order valence-electron chi connectivity index (χ4n) is 4.59. The predicted molar refractivity (Wildman–Crippen MR) is 142 cm³/mol. The molecule has 0 spiro atoms. The average Bonchev–Trinajstić information content (AvgIpc) is 3.26. The largest absolute Gasteiger partial charge is 0.494 e. The van der Waals surface area contributed by atoms with Gasteiger partial charge in [-0.3, -0.25) is 5.10 Å². The number of likely N-dealkylation sites (N-methyl/N-ethyl adjacent to an activating group) is 1. The van der Waals surface area contributed by atoms with Gasteiger partial charge in [0.05, 0.1) is 36.2 Å². The summed E-state index contributed by atoms with van der Waals surface area (Å²) in [7, 11) is 21.8. The van der Waals surface area contributed by atoms with Crippen LogP contribution in [0.3, 0.4) is 0 Å². The average molecular weight is 458 g/mol. The van der Waals surface area contributed by atoms with Crippen molar-refractivity contribution in [2.45, 2.75) is 12.0 Å². The van der Waals surface area contributed by atoms with Crippen molar-refractivity contribution < 1.29 is 4.74 Å². The lowest BCUT2D eigenvalue weighted by molar-refractivity contribution is 0.312. The number of methoxy groups -OCH3 is 1. The maximum Gasteiger partial charge on any atom is 0.147 e. The molecule has 4 heterocycles. The van der Waals surface area contributed by atoms with Crippen molar-refractivity contribution in [1.82, 2.24) is 25.1 Å². The highest BCUT2D eigenvalue weighted by atomic mass is 16.5. The van der Waals surface area contributed by atoms with Crippen LogP contribution < -0.4 is 9.64 Å². The van der Waals surface area contributed by atoms with E-state index in [4.69, 9.17) is 38.2 Å². The Labute approximate surface area is 209 Å². The molecular weight excluding hydrogens is 433 g/mol. The molecule has 0 bridgehead atoms. The molecule has 3 aromatic heterocycles. The van der Waals surface area contributed by atoms with Gasteiger partial charge in [-0.25, -0.2) is 9.97 Å². The summed E-state index contributed by atoms with van der Waals surface area (Å²) in [5.41, 5.74) is 6.07. The number of piperazine rings is 1. The number of nitrogens with one attached hydrogen (secondary N) is 1. The van der Waals surface area contributed by atoms with Crippen LogP contribution in [0.2, 0.25) is 0 Å². The van der Waals surface area contributed by atoms with Crippen LogP contribution in [0.15, 0.2) is 42.6 Å². The molecule has 10 heteroatoms. The molecule has 7 nitrogen and oxygen atoms in total. The van der Waals surface area contributed by atoms with E-state index in [-0.39, 0.29) is 0 Å². The summed E-state index contributed by atoms with van der Waals surface area (Å²) in [6.45, 7) is 5.92. The summed E-state index contributed by atoms with van der Waals surface area (Å²) in [6.07, 6.45) is 1.85. The monoisotopic (exact) mass is 458 g/mol. The number of nitrogens with zero attached hydrogens (tertiary/aromatic N) is 5. The van der Waals surface area contributed by atoms with Crippen molar-refractivity contribution in [2.75, 3.05) is 45.2 Å². The van der Waals surface area contributed by atoms with E-state index in [0.29, 0.717) is 17.0 Å². The standard InChI is InChI=1S/C25H25B3N6O/c1-15-17(5-4-6-18(15)25(26,27)28)23-20(35-3)13-19-24(30-23)22(32-31-19)16-7-8-21(29-14-16)34-11-9-33(2)10-12-34/h4-8,13-14H,9-12H2,1-3H3,(H,31,32). The minimum absolute atomic E-state index is 0.605. The topological polar surface area (TPSA) is 70.2 Å². The Kier molecular flexibility index (Phi) is 6.09. The van der Waals surface area contributed by atoms with Crippen LogP contribution in [-0.2, 0) is 5.11 Å². The Balaban J connectivity index is 1.56. The van der Waals surface area contributed by atoms with Crippen molar-refractivity contribution in [3.05, 3.63) is 53.7 Å². The zero-order chi connectivity index (χ0) is 24.7. The number of fused-ring (bicyclic) bond motifs is 1. The van der Waals surface area contributed by atoms with Gasteiger partial charge in [0.2, 0.25) is 0 Å². The number of rotatable bonds is 5. The van der Waals surface area contributed by atoms with E-state index in [1.165, 1.54) is 0 Å². The van der Waals surface area contributed by atoms with Gasteiger partial charge >= 0.3 is 0 Å². The van der Waals surface area contributed by atoms with Gasteiger partial charge in [-0.2, -0.15) is 5.10 Å². The van der Waals surface area contributed by atoms with E-state index in [0.717, 1.165) is 65.4 Å². The number of benzene rings is 1. The van der Waals surface area contributed by atoms with Gasteiger partial charge in [0, 0.05) is 49.6 Å². The van der Waals surface area contributed by atoms with Gasteiger partial charge < -0.3 is 14.5 Å². The fourth-order valence-corrected chi connectivity index (χ4v) is 4.59. The van der Waals surface area contributed by atoms with E-state index in [1.54, 1.807) is 7.11 Å². The third-order valence-corrected chi connectivity index (χ3v) is 6.62. The van der Waals surface area contributed by atoms with Crippen molar-refractivity contribution in [2.24, 2.45) is 0 Å². The number of hydrogen-bond acceptors (Lipinski definition) is 6. The van der Waals surface area contributed by atoms with Crippen LogP contribution in [0.4, 0.5) is 5.82 Å². The minimum Gasteiger partial charge on any atom is -0.494 e. The summed E-state index contributed by atoms with van der Waals surface area (Å²) in [5.74, 6) is 1.58. The van der Waals surface area contributed by atoms with Crippen LogP contribution in [0, 0.1) is 6.92 Å². The van der Waals surface area contributed by atoms with Crippen LogP contribution >= 0.6 is 0 Å². The fraction of sp³-hybridized carbons (Fsp3) is 0.320. The van der Waals surface area contributed by atoms with E-state index < -0.39 is 5.11 Å². The van der Waals surface area contributed by atoms with Gasteiger partial charge in [0.1, 0.15) is 28.5 Å². The SMILES string of the molecule is [B]C([B])([B])c1cccc(-c2nc3c(-c4ccc(N5CCN(C)CC5)nc4)n[nH]c3cc2OC)c1C. The quantitative estimate of drug-likeness (QED) is 0.464. The molecule has 6 radical (unpaired) electrons. The molecule has 5 rings (SSSR count). The highest BCUT2D eigenvalue weighted by Gasteiger charge is 2.22. The zero-order valence-electron chi connectivity index (χ0n) is 20.2. The summed E-state index contributed by atoms with van der Waals surface area (Å²) in [5, 5.41) is 6.16. The molecule has 35 heavy (non-hydrogen) atoms. The Morgan fingerprint density at radius 3 is 2.46 bits per heavy atom. The van der Waals surface area contributed by atoms with Crippen molar-refractivity contribution in [3.8, 4) is 28.3 Å². The number of ether oxygens (including phenoxy) is 1. The first-order valence-electron chi connectivity index (χ1n) is 11.6. The number of aromatic amines is 1. The van der Waals surface area contributed by atoms with E-state index >= 15 is 0 Å². The van der Waals surface area contributed by atoms with Gasteiger partial charge in [0.15, 0.2) is 0 Å². The Hall–Kier alpha value is -3.26. The first kappa shape index (κ1) is 23.5. The lowest BCUT2D eigenvalue weighted by Crippen LogP contribution is -2.44. The normalized spacial score (nSPS) is 15.0. The molecule has 0 aliphatic carbocycles. The van der Waals surface area contributed by atoms with Crippen LogP contribution in [0.25, 0.3) is 33.5 Å². The van der Waals surface area contributed by atoms with Crippen molar-refractivity contribution >= 4 is 40.4 Å². The molecule has 1 aromatic carbocycles. The number of hydrogen-bond donors (Lipinski definition) is 1. The number of pyridine rings is 2. The Morgan fingerprint density at radius 2 is 1.80 bits per heavy atom. The summed E-state index contributed by atoms with van der Waals surface area (Å²) < 4.78 is 5.67. The van der Waals surface area contributed by atoms with Gasteiger partial charge in [0.25, 0.3) is 0 Å². The minimum atomic E-state index is -1.46. The molecule has 0 amide bonds. The maximum absolute atomic E-state index is 6.00. The van der Waals surface area contributed by atoms with Gasteiger partial charge in [-0.15, -0.1) is 5.11 Å². The summed E-state index contributed by atoms with van der Waals surface area (Å²) in [4.78, 5) is 14.3. The molecule has 1 fully saturated rings. The molecule has 1 aliphatic heterocycles. The molecule has 0 atom stereocenters. The molecule has 0 unspecified atom stereocenters. The third kappa shape index (κ3) is 4.43. The Bertz CT molecular complexity index is 1360. The molecule has 0 saturated carbocycles. The first-order valence-corrected chi connectivity index (χ1v) is 11.6. The highest BCUT2D eigenvalue weighted by molar-refractivity contribution is 6.59. The highest BCUT2D eigenvalue weighted by Crippen LogP contribution is 2.37. The summed E-state index contributed by atoms with van der Waals surface area (Å²) >= 11 is 0. The second-order valence-corrected chi connectivity index (χ2v) is 9.11. The predicted octanol–water partition coefficient (Wildman–Crippen LogP) is 2.37. The molecule has 1 N–H and O–H groups in total. The van der Waals surface area contributed by atoms with E-state index in [2.05, 4.69) is 27.0 Å². The maximum atomic E-state index is 6.00. The molecule has 1 saturated heterocycles. The Morgan fingerprint density at radius 1 is 1.03 bits per heavy atom. The van der Waals surface area contributed by atoms with Gasteiger partial charge in [-0.1, -0.05) is 23.8 Å². The lowest BCUT2D eigenvalue weighted by Gasteiger charge is -2.33. The first-order chi connectivity index (χ1) is 16.8. The van der Waals surface area contributed by atoms with Crippen LogP contribution in [0.1, 0.15) is 11.1 Å². The zero-order valence-corrected chi connectivity index (χ0v) is 20.2. The second-order valence-electron chi connectivity index (χ2n) is 9.11. The molecule has 4 aromatic rings. The molecule has 170 valence electrons. The molecular formula is C25H25B3N6O. The second kappa shape index (κ2) is 9.08. The molecule has 1 aliphatic rings. The van der Waals surface area contributed by atoms with Crippen LogP contribution in [-0.4, -0.2) is 88.9 Å². The van der Waals surface area contributed by atoms with Crippen molar-refractivity contribution in [1.29, 1.82) is 0 Å². The van der Waals surface area contributed by atoms with E-state index in [9.17, 15) is 0 Å².